The molecular weight excluding hydrogens is 316 g/mol. The number of carbonyl (C=O) groups is 1. The average molecular weight is 338 g/mol. The molecule has 1 atom stereocenters. The Morgan fingerprint density at radius 3 is 2.40 bits per heavy atom. The highest BCUT2D eigenvalue weighted by molar-refractivity contribution is 5.82. The summed E-state index contributed by atoms with van der Waals surface area (Å²) in [4.78, 5) is 17.0. The number of para-hydroxylation sites is 3. The van der Waals surface area contributed by atoms with Crippen LogP contribution in [0.25, 0.3) is 0 Å². The van der Waals surface area contributed by atoms with Gasteiger partial charge in [0.25, 0.3) is 5.91 Å². The van der Waals surface area contributed by atoms with Crippen molar-refractivity contribution in [2.24, 2.45) is 0 Å². The van der Waals surface area contributed by atoms with Crippen LogP contribution in [0.1, 0.15) is 5.56 Å². The molecule has 1 amide bonds. The van der Waals surface area contributed by atoms with Gasteiger partial charge >= 0.3 is 0 Å². The van der Waals surface area contributed by atoms with Gasteiger partial charge in [0, 0.05) is 31.9 Å². The summed E-state index contributed by atoms with van der Waals surface area (Å²) in [5.74, 6) is 1.36. The normalized spacial score (nSPS) is 19.6. The van der Waals surface area contributed by atoms with Crippen LogP contribution in [0.2, 0.25) is 0 Å². The van der Waals surface area contributed by atoms with Crippen molar-refractivity contribution < 1.29 is 14.3 Å². The SMILES string of the molecule is Cc1ccccc1N1CCN(C(=O)C2COc3ccccc3O2)CC1. The molecule has 2 aliphatic rings. The Morgan fingerprint density at radius 1 is 0.960 bits per heavy atom. The van der Waals surface area contributed by atoms with Crippen LogP contribution in [0, 0.1) is 6.92 Å². The zero-order chi connectivity index (χ0) is 17.2. The third-order valence-electron chi connectivity index (χ3n) is 4.83. The highest BCUT2D eigenvalue weighted by Gasteiger charge is 2.32. The molecule has 0 bridgehead atoms. The summed E-state index contributed by atoms with van der Waals surface area (Å²) >= 11 is 0. The van der Waals surface area contributed by atoms with Gasteiger partial charge < -0.3 is 19.3 Å². The molecule has 4 rings (SSSR count). The number of hydrogen-bond donors (Lipinski definition) is 0. The Hall–Kier alpha value is -2.69. The van der Waals surface area contributed by atoms with Crippen LogP contribution >= 0.6 is 0 Å². The van der Waals surface area contributed by atoms with Crippen LogP contribution in [0.5, 0.6) is 11.5 Å². The third-order valence-corrected chi connectivity index (χ3v) is 4.83. The van der Waals surface area contributed by atoms with Crippen LogP contribution in [-0.2, 0) is 4.79 Å². The molecule has 0 aromatic heterocycles. The van der Waals surface area contributed by atoms with Gasteiger partial charge in [-0.1, -0.05) is 30.3 Å². The van der Waals surface area contributed by atoms with Crippen LogP contribution < -0.4 is 14.4 Å². The van der Waals surface area contributed by atoms with E-state index in [0.29, 0.717) is 24.6 Å². The summed E-state index contributed by atoms with van der Waals surface area (Å²) in [6, 6.07) is 15.9. The quantitative estimate of drug-likeness (QED) is 0.844. The molecular formula is C20H22N2O3. The van der Waals surface area contributed by atoms with Crippen molar-refractivity contribution in [1.29, 1.82) is 0 Å². The number of ether oxygens (including phenoxy) is 2. The molecule has 0 spiro atoms. The van der Waals surface area contributed by atoms with Gasteiger partial charge in [0.15, 0.2) is 11.5 Å². The lowest BCUT2D eigenvalue weighted by atomic mass is 10.1. The molecule has 1 fully saturated rings. The highest BCUT2D eigenvalue weighted by atomic mass is 16.6. The second-order valence-corrected chi connectivity index (χ2v) is 6.46. The fourth-order valence-corrected chi connectivity index (χ4v) is 3.43. The number of carbonyl (C=O) groups excluding carboxylic acids is 1. The molecule has 1 saturated heterocycles. The monoisotopic (exact) mass is 338 g/mol. The topological polar surface area (TPSA) is 42.0 Å². The molecule has 5 heteroatoms. The molecule has 2 aromatic rings. The van der Waals surface area contributed by atoms with Gasteiger partial charge in [-0.3, -0.25) is 4.79 Å². The first-order valence-electron chi connectivity index (χ1n) is 8.70. The lowest BCUT2D eigenvalue weighted by Crippen LogP contribution is -2.54. The Bertz CT molecular complexity index is 769. The van der Waals surface area contributed by atoms with Crippen molar-refractivity contribution in [2.45, 2.75) is 13.0 Å². The fraction of sp³-hybridized carbons (Fsp3) is 0.350. The Labute approximate surface area is 147 Å². The molecule has 0 N–H and O–H groups in total. The third kappa shape index (κ3) is 3.14. The van der Waals surface area contributed by atoms with Gasteiger partial charge in [0.05, 0.1) is 0 Å². The molecule has 1 unspecified atom stereocenters. The number of rotatable bonds is 2. The summed E-state index contributed by atoms with van der Waals surface area (Å²) in [6.45, 7) is 5.47. The number of nitrogens with zero attached hydrogens (tertiary/aromatic N) is 2. The van der Waals surface area contributed by atoms with Gasteiger partial charge in [-0.2, -0.15) is 0 Å². The number of anilines is 1. The number of aryl methyl sites for hydroxylation is 1. The summed E-state index contributed by atoms with van der Waals surface area (Å²) < 4.78 is 11.5. The van der Waals surface area contributed by atoms with E-state index in [1.165, 1.54) is 11.3 Å². The van der Waals surface area contributed by atoms with E-state index in [0.717, 1.165) is 13.1 Å². The molecule has 5 nitrogen and oxygen atoms in total. The van der Waals surface area contributed by atoms with E-state index in [1.54, 1.807) is 0 Å². The number of amides is 1. The zero-order valence-corrected chi connectivity index (χ0v) is 14.4. The molecule has 25 heavy (non-hydrogen) atoms. The minimum atomic E-state index is -0.556. The van der Waals surface area contributed by atoms with E-state index in [2.05, 4.69) is 36.1 Å². The lowest BCUT2D eigenvalue weighted by Gasteiger charge is -2.38. The summed E-state index contributed by atoms with van der Waals surface area (Å²) in [7, 11) is 0. The van der Waals surface area contributed by atoms with E-state index in [9.17, 15) is 4.79 Å². The minimum absolute atomic E-state index is 0.0129. The molecule has 130 valence electrons. The van der Waals surface area contributed by atoms with E-state index in [1.807, 2.05) is 29.2 Å². The average Bonchev–Trinajstić information content (AvgIpc) is 2.67. The molecule has 0 radical (unpaired) electrons. The summed E-state index contributed by atoms with van der Waals surface area (Å²) in [5.41, 5.74) is 2.52. The molecule has 2 aliphatic heterocycles. The maximum Gasteiger partial charge on any atom is 0.267 e. The molecule has 0 saturated carbocycles. The number of fused-ring (bicyclic) bond motifs is 1. The van der Waals surface area contributed by atoms with Gasteiger partial charge in [0.2, 0.25) is 6.10 Å². The van der Waals surface area contributed by atoms with Crippen molar-refractivity contribution in [3.8, 4) is 11.5 Å². The Morgan fingerprint density at radius 2 is 1.64 bits per heavy atom. The van der Waals surface area contributed by atoms with Crippen molar-refractivity contribution in [2.75, 3.05) is 37.7 Å². The van der Waals surface area contributed by atoms with Crippen molar-refractivity contribution in [1.82, 2.24) is 4.90 Å². The summed E-state index contributed by atoms with van der Waals surface area (Å²) in [6.07, 6.45) is -0.556. The van der Waals surface area contributed by atoms with Gasteiger partial charge in [-0.15, -0.1) is 0 Å². The van der Waals surface area contributed by atoms with Crippen molar-refractivity contribution in [3.63, 3.8) is 0 Å². The van der Waals surface area contributed by atoms with E-state index >= 15 is 0 Å². The second kappa shape index (κ2) is 6.67. The lowest BCUT2D eigenvalue weighted by molar-refractivity contribution is -0.141. The number of piperazine rings is 1. The Balaban J connectivity index is 1.38. The van der Waals surface area contributed by atoms with Crippen LogP contribution in [-0.4, -0.2) is 49.7 Å². The largest absolute Gasteiger partial charge is 0.485 e. The van der Waals surface area contributed by atoms with Crippen LogP contribution in [0.3, 0.4) is 0 Å². The maximum absolute atomic E-state index is 12.8. The Kier molecular flexibility index (Phi) is 4.22. The van der Waals surface area contributed by atoms with Crippen LogP contribution in [0.15, 0.2) is 48.5 Å². The maximum atomic E-state index is 12.8. The second-order valence-electron chi connectivity index (χ2n) is 6.46. The standard InChI is InChI=1S/C20H22N2O3/c1-15-6-2-3-7-16(15)21-10-12-22(13-11-21)20(23)19-14-24-17-8-4-5-9-18(17)25-19/h2-9,19H,10-14H2,1H3. The molecule has 0 aliphatic carbocycles. The predicted molar refractivity (Wildman–Crippen MR) is 96.3 cm³/mol. The smallest absolute Gasteiger partial charge is 0.267 e. The minimum Gasteiger partial charge on any atom is -0.485 e. The first kappa shape index (κ1) is 15.8. The van der Waals surface area contributed by atoms with Crippen molar-refractivity contribution >= 4 is 11.6 Å². The molecule has 2 aromatic carbocycles. The number of benzene rings is 2. The van der Waals surface area contributed by atoms with Gasteiger partial charge in [-0.25, -0.2) is 0 Å². The molecule has 2 heterocycles. The summed E-state index contributed by atoms with van der Waals surface area (Å²) in [5, 5.41) is 0. The van der Waals surface area contributed by atoms with E-state index in [-0.39, 0.29) is 12.5 Å². The number of hydrogen-bond acceptors (Lipinski definition) is 4. The van der Waals surface area contributed by atoms with Crippen LogP contribution in [0.4, 0.5) is 5.69 Å². The first-order chi connectivity index (χ1) is 12.2. The zero-order valence-electron chi connectivity index (χ0n) is 14.4. The van der Waals surface area contributed by atoms with Crippen molar-refractivity contribution in [3.05, 3.63) is 54.1 Å². The van der Waals surface area contributed by atoms with Gasteiger partial charge in [0.1, 0.15) is 6.61 Å². The highest BCUT2D eigenvalue weighted by Crippen LogP contribution is 2.31. The van der Waals surface area contributed by atoms with E-state index in [4.69, 9.17) is 9.47 Å². The first-order valence-corrected chi connectivity index (χ1v) is 8.70. The van der Waals surface area contributed by atoms with Gasteiger partial charge in [-0.05, 0) is 30.7 Å². The fourth-order valence-electron chi connectivity index (χ4n) is 3.43. The van der Waals surface area contributed by atoms with E-state index < -0.39 is 6.10 Å². The predicted octanol–water partition coefficient (Wildman–Crippen LogP) is 2.48.